The Bertz CT molecular complexity index is 607. The van der Waals surface area contributed by atoms with Gasteiger partial charge in [-0.1, -0.05) is 43.7 Å². The lowest BCUT2D eigenvalue weighted by molar-refractivity contribution is -0.301. The van der Waals surface area contributed by atoms with Gasteiger partial charge in [-0.05, 0) is 12.5 Å². The molecule has 0 amide bonds. The molecule has 1 saturated heterocycles. The molecule has 0 radical (unpaired) electrons. The predicted octanol–water partition coefficient (Wildman–Crippen LogP) is 3.59. The fourth-order valence-electron chi connectivity index (χ4n) is 2.81. The molecule has 1 aromatic carbocycles. The molecule has 0 atom stereocenters. The molecule has 0 bridgehead atoms. The van der Waals surface area contributed by atoms with Crippen LogP contribution in [0, 0.1) is 12.3 Å². The van der Waals surface area contributed by atoms with E-state index < -0.39 is 5.79 Å². The molecule has 0 spiro atoms. The molecule has 4 heteroatoms. The van der Waals surface area contributed by atoms with Crippen LogP contribution in [0.3, 0.4) is 0 Å². The van der Waals surface area contributed by atoms with Gasteiger partial charge in [0, 0.05) is 37.2 Å². The summed E-state index contributed by atoms with van der Waals surface area (Å²) in [5.41, 5.74) is 2.60. The summed E-state index contributed by atoms with van der Waals surface area (Å²) in [6.45, 7) is 8.75. The van der Waals surface area contributed by atoms with Gasteiger partial charge in [-0.3, -0.25) is 0 Å². The van der Waals surface area contributed by atoms with E-state index in [-0.39, 0.29) is 5.41 Å². The molecule has 1 fully saturated rings. The number of imidazole rings is 1. The Morgan fingerprint density at radius 3 is 2.43 bits per heavy atom. The maximum atomic E-state index is 6.26. The van der Waals surface area contributed by atoms with Crippen LogP contribution >= 0.6 is 0 Å². The topological polar surface area (TPSA) is 36.3 Å². The predicted molar refractivity (Wildman–Crippen MR) is 90.1 cm³/mol. The van der Waals surface area contributed by atoms with Crippen LogP contribution < -0.4 is 0 Å². The molecule has 23 heavy (non-hydrogen) atoms. The van der Waals surface area contributed by atoms with Gasteiger partial charge in [0.15, 0.2) is 5.79 Å². The molecule has 124 valence electrons. The minimum Gasteiger partial charge on any atom is -0.349 e. The fraction of sp³-hybridized carbons (Fsp3) is 0.526. The van der Waals surface area contributed by atoms with Gasteiger partial charge in [0.05, 0.1) is 19.5 Å². The largest absolute Gasteiger partial charge is 0.349 e. The van der Waals surface area contributed by atoms with E-state index in [4.69, 9.17) is 9.47 Å². The zero-order chi connectivity index (χ0) is 16.3. The average molecular weight is 314 g/mol. The first-order valence-electron chi connectivity index (χ1n) is 8.26. The molecular formula is C19H26N2O2. The molecule has 1 aliphatic heterocycles. The van der Waals surface area contributed by atoms with Crippen molar-refractivity contribution in [3.63, 3.8) is 0 Å². The smallest absolute Gasteiger partial charge is 0.174 e. The first-order chi connectivity index (χ1) is 11.0. The van der Waals surface area contributed by atoms with E-state index in [2.05, 4.69) is 54.6 Å². The van der Waals surface area contributed by atoms with Gasteiger partial charge in [-0.15, -0.1) is 0 Å². The monoisotopic (exact) mass is 314 g/mol. The Hall–Kier alpha value is -1.65. The summed E-state index contributed by atoms with van der Waals surface area (Å²) < 4.78 is 14.6. The maximum Gasteiger partial charge on any atom is 0.174 e. The van der Waals surface area contributed by atoms with Gasteiger partial charge in [-0.25, -0.2) is 4.98 Å². The molecule has 1 aliphatic rings. The second-order valence-electron chi connectivity index (χ2n) is 7.37. The van der Waals surface area contributed by atoms with Crippen molar-refractivity contribution in [2.75, 3.05) is 13.2 Å². The fourth-order valence-corrected chi connectivity index (χ4v) is 2.81. The lowest BCUT2D eigenvalue weighted by Crippen LogP contribution is -2.49. The number of rotatable bonds is 5. The van der Waals surface area contributed by atoms with Crippen LogP contribution in [0.2, 0.25) is 0 Å². The van der Waals surface area contributed by atoms with E-state index in [9.17, 15) is 0 Å². The maximum absolute atomic E-state index is 6.26. The zero-order valence-corrected chi connectivity index (χ0v) is 14.3. The van der Waals surface area contributed by atoms with E-state index in [0.717, 1.165) is 32.6 Å². The molecule has 0 N–H and O–H groups in total. The zero-order valence-electron chi connectivity index (χ0n) is 14.3. The van der Waals surface area contributed by atoms with Crippen LogP contribution in [0.5, 0.6) is 0 Å². The summed E-state index contributed by atoms with van der Waals surface area (Å²) in [6.07, 6.45) is 7.21. The Kier molecular flexibility index (Phi) is 4.55. The first-order valence-corrected chi connectivity index (χ1v) is 8.26. The van der Waals surface area contributed by atoms with E-state index in [0.29, 0.717) is 0 Å². The molecule has 3 rings (SSSR count). The number of nitrogens with zero attached hydrogens (tertiary/aromatic N) is 2. The van der Waals surface area contributed by atoms with Crippen LogP contribution in [-0.4, -0.2) is 28.6 Å². The number of aryl methyl sites for hydroxylation is 2. The van der Waals surface area contributed by atoms with E-state index in [1.165, 1.54) is 11.1 Å². The highest BCUT2D eigenvalue weighted by atomic mass is 16.7. The Morgan fingerprint density at radius 1 is 1.13 bits per heavy atom. The van der Waals surface area contributed by atoms with Gasteiger partial charge in [0.2, 0.25) is 0 Å². The molecule has 0 unspecified atom stereocenters. The van der Waals surface area contributed by atoms with Crippen LogP contribution in [0.15, 0.2) is 43.0 Å². The molecule has 0 aliphatic carbocycles. The molecule has 0 saturated carbocycles. The van der Waals surface area contributed by atoms with Crippen molar-refractivity contribution in [2.24, 2.45) is 5.41 Å². The van der Waals surface area contributed by atoms with Gasteiger partial charge in [-0.2, -0.15) is 0 Å². The van der Waals surface area contributed by atoms with Crippen molar-refractivity contribution in [3.8, 4) is 0 Å². The van der Waals surface area contributed by atoms with Gasteiger partial charge < -0.3 is 14.0 Å². The van der Waals surface area contributed by atoms with Crippen LogP contribution in [0.4, 0.5) is 0 Å². The van der Waals surface area contributed by atoms with E-state index >= 15 is 0 Å². The Labute approximate surface area is 138 Å². The first kappa shape index (κ1) is 16.2. The summed E-state index contributed by atoms with van der Waals surface area (Å²) >= 11 is 0. The summed E-state index contributed by atoms with van der Waals surface area (Å²) in [5, 5.41) is 0. The van der Waals surface area contributed by atoms with E-state index in [1.807, 2.05) is 12.5 Å². The summed E-state index contributed by atoms with van der Waals surface area (Å²) in [5.74, 6) is -0.547. The summed E-state index contributed by atoms with van der Waals surface area (Å²) in [6, 6.07) is 8.62. The van der Waals surface area contributed by atoms with Crippen molar-refractivity contribution in [2.45, 2.75) is 45.9 Å². The number of ether oxygens (including phenoxy) is 2. The van der Waals surface area contributed by atoms with Gasteiger partial charge >= 0.3 is 0 Å². The summed E-state index contributed by atoms with van der Waals surface area (Å²) in [7, 11) is 0. The second-order valence-corrected chi connectivity index (χ2v) is 7.37. The lowest BCUT2D eigenvalue weighted by Gasteiger charge is -2.44. The highest BCUT2D eigenvalue weighted by molar-refractivity contribution is 5.22. The van der Waals surface area contributed by atoms with Crippen LogP contribution in [0.25, 0.3) is 0 Å². The quantitative estimate of drug-likeness (QED) is 0.846. The van der Waals surface area contributed by atoms with Gasteiger partial charge in [0.25, 0.3) is 0 Å². The third kappa shape index (κ3) is 4.21. The molecular weight excluding hydrogens is 288 g/mol. The second kappa shape index (κ2) is 6.46. The highest BCUT2D eigenvalue weighted by Gasteiger charge is 2.40. The molecule has 2 heterocycles. The van der Waals surface area contributed by atoms with Crippen molar-refractivity contribution < 1.29 is 9.47 Å². The number of aromatic nitrogens is 2. The minimum absolute atomic E-state index is 0.0752. The Balaban J connectivity index is 1.74. The molecule has 4 nitrogen and oxygen atoms in total. The molecule has 1 aromatic heterocycles. The molecule has 2 aromatic rings. The van der Waals surface area contributed by atoms with E-state index in [1.54, 1.807) is 6.20 Å². The number of benzene rings is 1. The number of hydrogen-bond acceptors (Lipinski definition) is 3. The van der Waals surface area contributed by atoms with Crippen LogP contribution in [-0.2, 0) is 22.4 Å². The van der Waals surface area contributed by atoms with Crippen LogP contribution in [0.1, 0.15) is 31.4 Å². The third-order valence-electron chi connectivity index (χ3n) is 4.36. The minimum atomic E-state index is -0.547. The lowest BCUT2D eigenvalue weighted by atomic mass is 9.92. The van der Waals surface area contributed by atoms with Crippen molar-refractivity contribution >= 4 is 0 Å². The standard InChI is InChI=1S/C19H26N2O2/c1-16-4-6-17(7-5-16)12-19(8-10-21-11-9-20-15-21)22-13-18(2,3)14-23-19/h4-7,9,11,15H,8,10,12-14H2,1-3H3. The van der Waals surface area contributed by atoms with Crippen molar-refractivity contribution in [1.29, 1.82) is 0 Å². The van der Waals surface area contributed by atoms with Gasteiger partial charge in [0.1, 0.15) is 0 Å². The number of hydrogen-bond donors (Lipinski definition) is 0. The summed E-state index contributed by atoms with van der Waals surface area (Å²) in [4.78, 5) is 4.11. The normalized spacial score (nSPS) is 19.6. The highest BCUT2D eigenvalue weighted by Crippen LogP contribution is 2.34. The third-order valence-corrected chi connectivity index (χ3v) is 4.36. The SMILES string of the molecule is Cc1ccc(CC2(CCn3ccnc3)OCC(C)(C)CO2)cc1. The van der Waals surface area contributed by atoms with Crippen molar-refractivity contribution in [1.82, 2.24) is 9.55 Å². The Morgan fingerprint density at radius 2 is 1.83 bits per heavy atom. The average Bonchev–Trinajstić information content (AvgIpc) is 3.04. The van der Waals surface area contributed by atoms with Crippen molar-refractivity contribution in [3.05, 3.63) is 54.1 Å².